The highest BCUT2D eigenvalue weighted by molar-refractivity contribution is 14.0. The Balaban J connectivity index is 0.00000288. The van der Waals surface area contributed by atoms with E-state index in [1.807, 2.05) is 21.0 Å². The van der Waals surface area contributed by atoms with E-state index in [0.717, 1.165) is 69.5 Å². The number of hydrazone groups is 2. The highest BCUT2D eigenvalue weighted by atomic mass is 127. The number of halogens is 1. The second kappa shape index (κ2) is 11.2. The summed E-state index contributed by atoms with van der Waals surface area (Å²) in [5, 5.41) is 19.0. The number of nitrogens with one attached hydrogen (secondary N) is 2. The van der Waals surface area contributed by atoms with E-state index in [4.69, 9.17) is 0 Å². The van der Waals surface area contributed by atoms with Gasteiger partial charge in [0.2, 0.25) is 11.9 Å². The molecule has 2 aliphatic heterocycles. The van der Waals surface area contributed by atoms with E-state index in [-0.39, 0.29) is 24.0 Å². The maximum atomic E-state index is 4.50. The van der Waals surface area contributed by atoms with Crippen LogP contribution in [0.2, 0.25) is 0 Å². The fraction of sp³-hybridized carbons (Fsp3) is 0.733. The van der Waals surface area contributed by atoms with Crippen LogP contribution in [0.1, 0.15) is 32.6 Å². The molecule has 0 aromatic carbocycles. The van der Waals surface area contributed by atoms with Crippen LogP contribution >= 0.6 is 24.0 Å². The monoisotopic (exact) mass is 448 g/mol. The van der Waals surface area contributed by atoms with Crippen molar-refractivity contribution in [3.63, 3.8) is 0 Å². The van der Waals surface area contributed by atoms with Crippen molar-refractivity contribution in [2.24, 2.45) is 20.2 Å². The van der Waals surface area contributed by atoms with Gasteiger partial charge in [0, 0.05) is 40.3 Å². The zero-order chi connectivity index (χ0) is 16.5. The zero-order valence-corrected chi connectivity index (χ0v) is 17.2. The lowest BCUT2D eigenvalue weighted by molar-refractivity contribution is 0.515. The first kappa shape index (κ1) is 20.7. The van der Waals surface area contributed by atoms with Crippen LogP contribution in [-0.4, -0.2) is 74.1 Å². The molecule has 0 bridgehead atoms. The molecule has 9 heteroatoms. The second-order valence-electron chi connectivity index (χ2n) is 5.71. The third kappa shape index (κ3) is 7.02. The van der Waals surface area contributed by atoms with E-state index in [1.54, 1.807) is 16.2 Å². The third-order valence-corrected chi connectivity index (χ3v) is 3.60. The molecule has 136 valence electrons. The molecule has 0 unspecified atom stereocenters. The molecule has 0 saturated heterocycles. The molecule has 0 aromatic rings. The van der Waals surface area contributed by atoms with Gasteiger partial charge in [-0.2, -0.15) is 10.2 Å². The Labute approximate surface area is 161 Å². The largest absolute Gasteiger partial charge is 0.355 e. The average molecular weight is 448 g/mol. The van der Waals surface area contributed by atoms with Crippen LogP contribution in [-0.2, 0) is 0 Å². The molecule has 2 rings (SSSR count). The van der Waals surface area contributed by atoms with Gasteiger partial charge in [-0.15, -0.1) is 24.0 Å². The molecule has 0 fully saturated rings. The molecule has 0 amide bonds. The smallest absolute Gasteiger partial charge is 0.214 e. The molecule has 24 heavy (non-hydrogen) atoms. The normalized spacial score (nSPS) is 19.0. The molecule has 8 nitrogen and oxygen atoms in total. The predicted molar refractivity (Wildman–Crippen MR) is 112 cm³/mol. The summed E-state index contributed by atoms with van der Waals surface area (Å²) in [5.41, 5.74) is 0.808. The Morgan fingerprint density at radius 3 is 2.08 bits per heavy atom. The van der Waals surface area contributed by atoms with Crippen molar-refractivity contribution in [3.8, 4) is 0 Å². The minimum atomic E-state index is 0. The van der Waals surface area contributed by atoms with E-state index in [2.05, 4.69) is 30.8 Å². The molecule has 0 spiro atoms. The Bertz CT molecular complexity index is 500. The fourth-order valence-corrected chi connectivity index (χ4v) is 2.32. The third-order valence-electron chi connectivity index (χ3n) is 3.60. The number of nitrogens with zero attached hydrogens (tertiary/aromatic N) is 6. The lowest BCUT2D eigenvalue weighted by Crippen LogP contribution is -2.36. The van der Waals surface area contributed by atoms with E-state index >= 15 is 0 Å². The van der Waals surface area contributed by atoms with Gasteiger partial charge in [0.15, 0.2) is 0 Å². The van der Waals surface area contributed by atoms with Crippen LogP contribution in [0.25, 0.3) is 0 Å². The van der Waals surface area contributed by atoms with Crippen LogP contribution < -0.4 is 10.6 Å². The van der Waals surface area contributed by atoms with Crippen LogP contribution in [0.3, 0.4) is 0 Å². The topological polar surface area (TPSA) is 80.0 Å². The summed E-state index contributed by atoms with van der Waals surface area (Å²) in [4.78, 5) is 8.98. The summed E-state index contributed by atoms with van der Waals surface area (Å²) < 4.78 is 0. The fourth-order valence-electron chi connectivity index (χ4n) is 2.32. The van der Waals surface area contributed by atoms with Crippen molar-refractivity contribution in [3.05, 3.63) is 0 Å². The minimum Gasteiger partial charge on any atom is -0.355 e. The van der Waals surface area contributed by atoms with Crippen LogP contribution in [0.4, 0.5) is 0 Å². The summed E-state index contributed by atoms with van der Waals surface area (Å²) in [7, 11) is 3.79. The van der Waals surface area contributed by atoms with E-state index in [9.17, 15) is 0 Å². The van der Waals surface area contributed by atoms with Crippen molar-refractivity contribution in [1.29, 1.82) is 0 Å². The number of aliphatic imine (C=N–C) groups is 2. The maximum absolute atomic E-state index is 4.50. The van der Waals surface area contributed by atoms with Gasteiger partial charge < -0.3 is 10.6 Å². The molecule has 0 aliphatic carbocycles. The lowest BCUT2D eigenvalue weighted by Gasteiger charge is -2.17. The van der Waals surface area contributed by atoms with Gasteiger partial charge in [-0.3, -0.25) is 9.98 Å². The lowest BCUT2D eigenvalue weighted by atomic mass is 10.3. The summed E-state index contributed by atoms with van der Waals surface area (Å²) in [5.74, 6) is 1.63. The Morgan fingerprint density at radius 1 is 0.958 bits per heavy atom. The van der Waals surface area contributed by atoms with Crippen LogP contribution in [0, 0.1) is 0 Å². The molecule has 0 atom stereocenters. The van der Waals surface area contributed by atoms with Gasteiger partial charge in [-0.1, -0.05) is 0 Å². The molecule has 2 aliphatic rings. The van der Waals surface area contributed by atoms with E-state index < -0.39 is 0 Å². The van der Waals surface area contributed by atoms with Gasteiger partial charge in [0.1, 0.15) is 0 Å². The average Bonchev–Trinajstić information content (AvgIpc) is 2.97. The van der Waals surface area contributed by atoms with Gasteiger partial charge in [-0.05, 0) is 32.6 Å². The molecule has 2 N–H and O–H groups in total. The van der Waals surface area contributed by atoms with E-state index in [0.29, 0.717) is 0 Å². The molecule has 0 radical (unpaired) electrons. The number of hydrogen-bond acceptors (Lipinski definition) is 8. The Kier molecular flexibility index (Phi) is 9.65. The van der Waals surface area contributed by atoms with Crippen molar-refractivity contribution >= 4 is 47.8 Å². The highest BCUT2D eigenvalue weighted by Gasteiger charge is 2.08. The summed E-state index contributed by atoms with van der Waals surface area (Å²) >= 11 is 0. The van der Waals surface area contributed by atoms with Crippen molar-refractivity contribution in [2.45, 2.75) is 32.6 Å². The number of hydrogen-bond donors (Lipinski definition) is 2. The first-order valence-electron chi connectivity index (χ1n) is 8.30. The Morgan fingerprint density at radius 2 is 1.50 bits per heavy atom. The molecule has 2 heterocycles. The van der Waals surface area contributed by atoms with Crippen LogP contribution in [0.15, 0.2) is 20.2 Å². The predicted octanol–water partition coefficient (Wildman–Crippen LogP) is 1.31. The highest BCUT2D eigenvalue weighted by Crippen LogP contribution is 1.99. The minimum absolute atomic E-state index is 0. The SMILES string of the molecule is CC(/C=N\N(C)C1=NCCCCN1)=N/N(C)C1=NCCCCN1.I. The van der Waals surface area contributed by atoms with Crippen molar-refractivity contribution in [1.82, 2.24) is 20.7 Å². The van der Waals surface area contributed by atoms with Crippen molar-refractivity contribution < 1.29 is 0 Å². The quantitative estimate of drug-likeness (QED) is 0.388. The Hall–Kier alpha value is -1.39. The zero-order valence-electron chi connectivity index (χ0n) is 14.8. The molecule has 0 saturated carbocycles. The van der Waals surface area contributed by atoms with Gasteiger partial charge in [0.05, 0.1) is 11.9 Å². The standard InChI is InChI=1S/C15H28N8.HI/c1-13(21-23(3)15-18-10-6-7-11-19-15)12-20-22(2)14-16-8-4-5-9-17-14;/h12H,4-11H2,1-3H3,(H,16,17)(H,18,19);1H/b20-12-,21-13-;. The molecular formula is C15H29IN8. The second-order valence-corrected chi connectivity index (χ2v) is 5.71. The summed E-state index contributed by atoms with van der Waals surface area (Å²) in [6, 6.07) is 0. The molecule has 0 aromatic heterocycles. The van der Waals surface area contributed by atoms with Gasteiger partial charge in [0.25, 0.3) is 0 Å². The first-order chi connectivity index (χ1) is 11.2. The number of guanidine groups is 2. The maximum Gasteiger partial charge on any atom is 0.214 e. The van der Waals surface area contributed by atoms with Gasteiger partial charge in [-0.25, -0.2) is 10.0 Å². The summed E-state index contributed by atoms with van der Waals surface area (Å²) in [6.07, 6.45) is 6.27. The summed E-state index contributed by atoms with van der Waals surface area (Å²) in [6.45, 7) is 5.51. The van der Waals surface area contributed by atoms with Crippen molar-refractivity contribution in [2.75, 3.05) is 40.3 Å². The first-order valence-corrected chi connectivity index (χ1v) is 8.30. The van der Waals surface area contributed by atoms with Crippen LogP contribution in [0.5, 0.6) is 0 Å². The van der Waals surface area contributed by atoms with Gasteiger partial charge >= 0.3 is 0 Å². The molecular weight excluding hydrogens is 419 g/mol. The van der Waals surface area contributed by atoms with E-state index in [1.165, 1.54) is 0 Å². The number of rotatable bonds is 3.